The van der Waals surface area contributed by atoms with Gasteiger partial charge in [0.2, 0.25) is 0 Å². The molecule has 0 aliphatic carbocycles. The molecule has 2 aromatic carbocycles. The van der Waals surface area contributed by atoms with Crippen molar-refractivity contribution < 1.29 is 4.39 Å². The van der Waals surface area contributed by atoms with Crippen molar-refractivity contribution in [2.45, 2.75) is 26.1 Å². The van der Waals surface area contributed by atoms with Crippen molar-refractivity contribution in [1.82, 2.24) is 0 Å². The van der Waals surface area contributed by atoms with Gasteiger partial charge in [-0.3, -0.25) is 0 Å². The van der Waals surface area contributed by atoms with Crippen LogP contribution in [0.1, 0.15) is 33.2 Å². The summed E-state index contributed by atoms with van der Waals surface area (Å²) in [6.07, 6.45) is 0. The minimum atomic E-state index is -0.330. The number of hydrogen-bond donors (Lipinski definition) is 0. The van der Waals surface area contributed by atoms with Gasteiger partial charge in [0.25, 0.3) is 0 Å². The van der Waals surface area contributed by atoms with Gasteiger partial charge in [0.1, 0.15) is 5.82 Å². The summed E-state index contributed by atoms with van der Waals surface area (Å²) < 4.78 is 14.1. The summed E-state index contributed by atoms with van der Waals surface area (Å²) in [7, 11) is 0. The van der Waals surface area contributed by atoms with Crippen LogP contribution in [0.4, 0.5) is 4.39 Å². The monoisotopic (exact) mass is 340 g/mol. The van der Waals surface area contributed by atoms with Crippen molar-refractivity contribution in [2.75, 3.05) is 0 Å². The predicted octanol–water partition coefficient (Wildman–Crippen LogP) is 5.84. The molecule has 0 spiro atoms. The first-order chi connectivity index (χ1) is 8.90. The van der Waals surface area contributed by atoms with Crippen molar-refractivity contribution >= 4 is 27.5 Å². The van der Waals surface area contributed by atoms with Crippen LogP contribution in [0.25, 0.3) is 0 Å². The second-order valence-corrected chi connectivity index (χ2v) is 6.14. The highest BCUT2D eigenvalue weighted by molar-refractivity contribution is 9.10. The van der Waals surface area contributed by atoms with E-state index in [4.69, 9.17) is 11.6 Å². The molecule has 1 atom stereocenters. The quantitative estimate of drug-likeness (QED) is 0.602. The van der Waals surface area contributed by atoms with Crippen molar-refractivity contribution in [3.05, 3.63) is 68.4 Å². The van der Waals surface area contributed by atoms with Crippen LogP contribution >= 0.6 is 27.5 Å². The zero-order chi connectivity index (χ0) is 14.2. The molecule has 0 saturated heterocycles. The Balaban J connectivity index is 2.49. The van der Waals surface area contributed by atoms with E-state index >= 15 is 0 Å². The zero-order valence-electron chi connectivity index (χ0n) is 11.1. The van der Waals surface area contributed by atoms with Gasteiger partial charge in [0.15, 0.2) is 0 Å². The second kappa shape index (κ2) is 5.64. The van der Waals surface area contributed by atoms with Gasteiger partial charge >= 0.3 is 0 Å². The smallest absolute Gasteiger partial charge is 0.137 e. The van der Waals surface area contributed by atoms with Gasteiger partial charge in [-0.15, -0.1) is 11.6 Å². The molecule has 2 aromatic rings. The molecule has 1 unspecified atom stereocenters. The van der Waals surface area contributed by atoms with E-state index in [0.29, 0.717) is 4.47 Å². The summed E-state index contributed by atoms with van der Waals surface area (Å²) in [4.78, 5) is 0. The molecule has 0 saturated carbocycles. The van der Waals surface area contributed by atoms with Gasteiger partial charge < -0.3 is 0 Å². The van der Waals surface area contributed by atoms with E-state index in [-0.39, 0.29) is 11.2 Å². The third-order valence-electron chi connectivity index (χ3n) is 3.23. The third-order valence-corrected chi connectivity index (χ3v) is 4.34. The molecule has 0 aromatic heterocycles. The number of halogens is 3. The molecule has 0 heterocycles. The molecule has 3 heteroatoms. The lowest BCUT2D eigenvalue weighted by atomic mass is 9.94. The lowest BCUT2D eigenvalue weighted by molar-refractivity contribution is 0.619. The molecule has 2 rings (SSSR count). The van der Waals surface area contributed by atoms with Crippen LogP contribution < -0.4 is 0 Å². The molecule has 0 bridgehead atoms. The van der Waals surface area contributed by atoms with Gasteiger partial charge in [-0.25, -0.2) is 4.39 Å². The Morgan fingerprint density at radius 1 is 1.05 bits per heavy atom. The summed E-state index contributed by atoms with van der Waals surface area (Å²) in [5.41, 5.74) is 5.33. The van der Waals surface area contributed by atoms with Gasteiger partial charge in [-0.05, 0) is 71.1 Å². The second-order valence-electron chi connectivity index (χ2n) is 4.85. The molecule has 0 aliphatic rings. The van der Waals surface area contributed by atoms with Crippen LogP contribution in [0, 0.1) is 26.6 Å². The maximum Gasteiger partial charge on any atom is 0.137 e. The zero-order valence-corrected chi connectivity index (χ0v) is 13.4. The molecule has 100 valence electrons. The number of hydrogen-bond acceptors (Lipinski definition) is 0. The fourth-order valence-electron chi connectivity index (χ4n) is 2.43. The lowest BCUT2D eigenvalue weighted by Gasteiger charge is -2.17. The Morgan fingerprint density at radius 2 is 1.63 bits per heavy atom. The molecular formula is C16H15BrClF. The molecule has 0 N–H and O–H groups in total. The average molecular weight is 342 g/mol. The summed E-state index contributed by atoms with van der Waals surface area (Å²) in [5, 5.41) is -0.330. The highest BCUT2D eigenvalue weighted by atomic mass is 79.9. The first-order valence-corrected chi connectivity index (χ1v) is 7.30. The van der Waals surface area contributed by atoms with Crippen LogP contribution in [0.2, 0.25) is 0 Å². The Kier molecular flexibility index (Phi) is 4.32. The van der Waals surface area contributed by atoms with E-state index in [2.05, 4.69) is 35.0 Å². The van der Waals surface area contributed by atoms with E-state index < -0.39 is 0 Å². The Labute approximate surface area is 126 Å². The van der Waals surface area contributed by atoms with E-state index in [1.165, 1.54) is 11.6 Å². The van der Waals surface area contributed by atoms with Gasteiger partial charge in [-0.1, -0.05) is 23.8 Å². The van der Waals surface area contributed by atoms with Crippen molar-refractivity contribution in [3.63, 3.8) is 0 Å². The van der Waals surface area contributed by atoms with Gasteiger partial charge in [0, 0.05) is 0 Å². The van der Waals surface area contributed by atoms with Crippen LogP contribution in [0.3, 0.4) is 0 Å². The lowest BCUT2D eigenvalue weighted by Crippen LogP contribution is -2.01. The molecular weight excluding hydrogens is 327 g/mol. The fraction of sp³-hybridized carbons (Fsp3) is 0.250. The maximum absolute atomic E-state index is 13.6. The average Bonchev–Trinajstić information content (AvgIpc) is 2.31. The van der Waals surface area contributed by atoms with Crippen LogP contribution in [-0.4, -0.2) is 0 Å². The minimum absolute atomic E-state index is 0.287. The van der Waals surface area contributed by atoms with E-state index in [9.17, 15) is 4.39 Å². The van der Waals surface area contributed by atoms with Crippen LogP contribution in [0.5, 0.6) is 0 Å². The summed E-state index contributed by atoms with van der Waals surface area (Å²) in [6, 6.07) is 9.24. The highest BCUT2D eigenvalue weighted by Crippen LogP contribution is 2.35. The minimum Gasteiger partial charge on any atom is -0.206 e. The standard InChI is InChI=1S/C16H15BrClF/c1-9-6-10(2)15(11(3)7-9)16(18)12-4-5-13(17)14(19)8-12/h4-8,16H,1-3H3. The molecule has 0 nitrogen and oxygen atoms in total. The van der Waals surface area contributed by atoms with E-state index in [1.54, 1.807) is 6.07 Å². The molecule has 0 aliphatic heterocycles. The number of alkyl halides is 1. The van der Waals surface area contributed by atoms with Crippen molar-refractivity contribution in [1.29, 1.82) is 0 Å². The Bertz CT molecular complexity index is 599. The third kappa shape index (κ3) is 3.01. The van der Waals surface area contributed by atoms with E-state index in [1.807, 2.05) is 19.9 Å². The Morgan fingerprint density at radius 3 is 2.16 bits per heavy atom. The van der Waals surface area contributed by atoms with Gasteiger partial charge in [-0.2, -0.15) is 0 Å². The fourth-order valence-corrected chi connectivity index (χ4v) is 3.15. The topological polar surface area (TPSA) is 0 Å². The van der Waals surface area contributed by atoms with Crippen LogP contribution in [0.15, 0.2) is 34.8 Å². The first kappa shape index (κ1) is 14.5. The number of rotatable bonds is 2. The molecule has 0 amide bonds. The van der Waals surface area contributed by atoms with Crippen molar-refractivity contribution in [2.24, 2.45) is 0 Å². The largest absolute Gasteiger partial charge is 0.206 e. The first-order valence-electron chi connectivity index (χ1n) is 6.07. The Hall–Kier alpha value is -0.860. The number of aryl methyl sites for hydroxylation is 3. The van der Waals surface area contributed by atoms with Gasteiger partial charge in [0.05, 0.1) is 9.85 Å². The molecule has 0 fully saturated rings. The normalized spacial score (nSPS) is 12.5. The van der Waals surface area contributed by atoms with Crippen molar-refractivity contribution in [3.8, 4) is 0 Å². The summed E-state index contributed by atoms with van der Waals surface area (Å²) in [5.74, 6) is -0.287. The van der Waals surface area contributed by atoms with E-state index in [0.717, 1.165) is 22.3 Å². The highest BCUT2D eigenvalue weighted by Gasteiger charge is 2.17. The van der Waals surface area contributed by atoms with Crippen LogP contribution in [-0.2, 0) is 0 Å². The summed E-state index contributed by atoms with van der Waals surface area (Å²) in [6.45, 7) is 6.15. The SMILES string of the molecule is Cc1cc(C)c(C(Cl)c2ccc(Br)c(F)c2)c(C)c1. The molecule has 0 radical (unpaired) electrons. The maximum atomic E-state index is 13.6. The molecule has 19 heavy (non-hydrogen) atoms. The number of benzene rings is 2. The summed E-state index contributed by atoms with van der Waals surface area (Å²) >= 11 is 9.69. The predicted molar refractivity (Wildman–Crippen MR) is 82.4 cm³/mol.